The van der Waals surface area contributed by atoms with Gasteiger partial charge in [-0.25, -0.2) is 4.68 Å². The van der Waals surface area contributed by atoms with Crippen LogP contribution in [0.4, 0.5) is 0 Å². The molecule has 1 aromatic heterocycles. The van der Waals surface area contributed by atoms with E-state index in [4.69, 9.17) is 0 Å². The van der Waals surface area contributed by atoms with Crippen LogP contribution in [0.25, 0.3) is 0 Å². The van der Waals surface area contributed by atoms with E-state index in [9.17, 15) is 0 Å². The van der Waals surface area contributed by atoms with Gasteiger partial charge in [-0.3, -0.25) is 0 Å². The SMILES string of the molecule is Cn1nnnc1SCC=CCS. The summed E-state index contributed by atoms with van der Waals surface area (Å²) in [6, 6.07) is 0. The Bertz CT molecular complexity index is 258. The summed E-state index contributed by atoms with van der Waals surface area (Å²) in [6.45, 7) is 0. The zero-order valence-electron chi connectivity index (χ0n) is 6.71. The average molecular weight is 202 g/mol. The lowest BCUT2D eigenvalue weighted by atomic mass is 10.6. The fourth-order valence-corrected chi connectivity index (χ4v) is 1.46. The first kappa shape index (κ1) is 9.60. The molecule has 66 valence electrons. The van der Waals surface area contributed by atoms with Crippen molar-refractivity contribution in [2.45, 2.75) is 5.16 Å². The van der Waals surface area contributed by atoms with Gasteiger partial charge in [0.05, 0.1) is 0 Å². The Morgan fingerprint density at radius 3 is 3.00 bits per heavy atom. The Kier molecular flexibility index (Phi) is 4.16. The number of tetrazole rings is 1. The molecule has 12 heavy (non-hydrogen) atoms. The van der Waals surface area contributed by atoms with Crippen LogP contribution >= 0.6 is 24.4 Å². The second kappa shape index (κ2) is 5.21. The Balaban J connectivity index is 2.33. The third-order valence-corrected chi connectivity index (χ3v) is 2.34. The molecule has 0 bridgehead atoms. The van der Waals surface area contributed by atoms with Crippen LogP contribution in [0.3, 0.4) is 0 Å². The summed E-state index contributed by atoms with van der Waals surface area (Å²) in [5.74, 6) is 1.66. The van der Waals surface area contributed by atoms with Crippen molar-refractivity contribution in [1.29, 1.82) is 0 Å². The van der Waals surface area contributed by atoms with Gasteiger partial charge in [-0.15, -0.1) is 5.10 Å². The zero-order chi connectivity index (χ0) is 8.81. The molecule has 0 aliphatic carbocycles. The van der Waals surface area contributed by atoms with Gasteiger partial charge in [0.1, 0.15) is 0 Å². The van der Waals surface area contributed by atoms with E-state index in [1.54, 1.807) is 16.4 Å². The van der Waals surface area contributed by atoms with E-state index in [0.29, 0.717) is 0 Å². The van der Waals surface area contributed by atoms with Crippen LogP contribution in [0, 0.1) is 0 Å². The molecule has 0 aliphatic rings. The highest BCUT2D eigenvalue weighted by molar-refractivity contribution is 7.99. The molecular formula is C6H10N4S2. The number of hydrogen-bond acceptors (Lipinski definition) is 5. The molecule has 0 unspecified atom stereocenters. The number of nitrogens with zero attached hydrogens (tertiary/aromatic N) is 4. The number of hydrogen-bond donors (Lipinski definition) is 1. The van der Waals surface area contributed by atoms with Gasteiger partial charge in [-0.05, 0) is 10.4 Å². The summed E-state index contributed by atoms with van der Waals surface area (Å²) in [7, 11) is 1.82. The molecule has 4 nitrogen and oxygen atoms in total. The highest BCUT2D eigenvalue weighted by Crippen LogP contribution is 2.11. The maximum absolute atomic E-state index is 4.05. The lowest BCUT2D eigenvalue weighted by molar-refractivity contribution is 0.665. The van der Waals surface area contributed by atoms with E-state index >= 15 is 0 Å². The van der Waals surface area contributed by atoms with Gasteiger partial charge in [0.25, 0.3) is 0 Å². The van der Waals surface area contributed by atoms with E-state index in [2.05, 4.69) is 28.2 Å². The van der Waals surface area contributed by atoms with Crippen molar-refractivity contribution in [2.75, 3.05) is 11.5 Å². The molecule has 0 aromatic carbocycles. The van der Waals surface area contributed by atoms with Crippen molar-refractivity contribution >= 4 is 24.4 Å². The largest absolute Gasteiger partial charge is 0.224 e. The fourth-order valence-electron chi connectivity index (χ4n) is 0.609. The van der Waals surface area contributed by atoms with E-state index in [-0.39, 0.29) is 0 Å². The highest BCUT2D eigenvalue weighted by Gasteiger charge is 1.99. The van der Waals surface area contributed by atoms with Gasteiger partial charge in [-0.2, -0.15) is 12.6 Å². The smallest absolute Gasteiger partial charge is 0.209 e. The minimum Gasteiger partial charge on any atom is -0.224 e. The molecule has 0 fully saturated rings. The van der Waals surface area contributed by atoms with Crippen LogP contribution in [0.2, 0.25) is 0 Å². The third kappa shape index (κ3) is 2.86. The van der Waals surface area contributed by atoms with Crippen LogP contribution in [0.5, 0.6) is 0 Å². The van der Waals surface area contributed by atoms with E-state index in [1.165, 1.54) is 0 Å². The van der Waals surface area contributed by atoms with Crippen molar-refractivity contribution in [2.24, 2.45) is 7.05 Å². The van der Waals surface area contributed by atoms with Gasteiger partial charge in [0, 0.05) is 18.6 Å². The molecule has 1 heterocycles. The van der Waals surface area contributed by atoms with E-state index < -0.39 is 0 Å². The van der Waals surface area contributed by atoms with Crippen molar-refractivity contribution < 1.29 is 0 Å². The second-order valence-corrected chi connectivity index (χ2v) is 3.40. The first-order valence-corrected chi connectivity index (χ1v) is 5.07. The van der Waals surface area contributed by atoms with Crippen molar-refractivity contribution in [3.8, 4) is 0 Å². The number of aromatic nitrogens is 4. The number of rotatable bonds is 4. The maximum Gasteiger partial charge on any atom is 0.209 e. The molecule has 0 spiro atoms. The van der Waals surface area contributed by atoms with Crippen LogP contribution in [0.1, 0.15) is 0 Å². The predicted molar refractivity (Wildman–Crippen MR) is 52.5 cm³/mol. The quantitative estimate of drug-likeness (QED) is 0.445. The predicted octanol–water partition coefficient (Wildman–Crippen LogP) is 0.788. The molecule has 1 aromatic rings. The Labute approximate surface area is 80.8 Å². The minimum atomic E-state index is 0.775. The Morgan fingerprint density at radius 1 is 1.58 bits per heavy atom. The Morgan fingerprint density at radius 2 is 2.42 bits per heavy atom. The lowest BCUT2D eigenvalue weighted by Gasteiger charge is -1.92. The van der Waals surface area contributed by atoms with Gasteiger partial charge in [-0.1, -0.05) is 23.9 Å². The number of thioether (sulfide) groups is 1. The second-order valence-electron chi connectivity index (χ2n) is 2.05. The zero-order valence-corrected chi connectivity index (χ0v) is 8.42. The molecule has 0 aliphatic heterocycles. The van der Waals surface area contributed by atoms with Crippen LogP contribution < -0.4 is 0 Å². The molecule has 6 heteroatoms. The Hall–Kier alpha value is -0.490. The monoisotopic (exact) mass is 202 g/mol. The van der Waals surface area contributed by atoms with Crippen molar-refractivity contribution in [3.63, 3.8) is 0 Å². The molecule has 0 amide bonds. The third-order valence-electron chi connectivity index (χ3n) is 1.16. The van der Waals surface area contributed by atoms with Crippen molar-refractivity contribution in [3.05, 3.63) is 12.2 Å². The summed E-state index contributed by atoms with van der Waals surface area (Å²) < 4.78 is 1.65. The highest BCUT2D eigenvalue weighted by atomic mass is 32.2. The summed E-state index contributed by atoms with van der Waals surface area (Å²) in [5.41, 5.74) is 0. The van der Waals surface area contributed by atoms with Crippen LogP contribution in [0.15, 0.2) is 17.3 Å². The van der Waals surface area contributed by atoms with Crippen LogP contribution in [-0.4, -0.2) is 31.7 Å². The van der Waals surface area contributed by atoms with Gasteiger partial charge in [0.15, 0.2) is 0 Å². The molecule has 0 saturated heterocycles. The fraction of sp³-hybridized carbons (Fsp3) is 0.500. The van der Waals surface area contributed by atoms with Crippen LogP contribution in [-0.2, 0) is 7.05 Å². The van der Waals surface area contributed by atoms with Crippen molar-refractivity contribution in [1.82, 2.24) is 20.2 Å². The molecule has 0 atom stereocenters. The standard InChI is InChI=1S/C6H10N4S2/c1-10-6(7-8-9-10)12-5-3-2-4-11/h2-3,11H,4-5H2,1H3. The maximum atomic E-state index is 4.05. The molecule has 1 rings (SSSR count). The molecule has 0 saturated carbocycles. The average Bonchev–Trinajstić information content (AvgIpc) is 2.46. The van der Waals surface area contributed by atoms with Gasteiger partial charge < -0.3 is 0 Å². The lowest BCUT2D eigenvalue weighted by Crippen LogP contribution is -1.92. The number of thiol groups is 1. The summed E-state index contributed by atoms with van der Waals surface area (Å²) in [6.07, 6.45) is 4.05. The summed E-state index contributed by atoms with van der Waals surface area (Å²) in [4.78, 5) is 0. The topological polar surface area (TPSA) is 43.6 Å². The first-order valence-electron chi connectivity index (χ1n) is 3.45. The van der Waals surface area contributed by atoms with Gasteiger partial charge >= 0.3 is 0 Å². The molecular weight excluding hydrogens is 192 g/mol. The summed E-state index contributed by atoms with van der Waals surface area (Å²) in [5, 5.41) is 11.9. The minimum absolute atomic E-state index is 0.775. The van der Waals surface area contributed by atoms with Gasteiger partial charge in [0.2, 0.25) is 5.16 Å². The first-order chi connectivity index (χ1) is 5.84. The number of aryl methyl sites for hydroxylation is 1. The summed E-state index contributed by atoms with van der Waals surface area (Å²) >= 11 is 5.65. The normalized spacial score (nSPS) is 11.2. The molecule has 0 N–H and O–H groups in total. The molecule has 0 radical (unpaired) electrons. The van der Waals surface area contributed by atoms with E-state index in [1.807, 2.05) is 19.2 Å². The van der Waals surface area contributed by atoms with E-state index in [0.717, 1.165) is 16.7 Å².